The van der Waals surface area contributed by atoms with Gasteiger partial charge in [-0.05, 0) is 38.1 Å². The number of nitrogens with one attached hydrogen (secondary N) is 1. The fourth-order valence-corrected chi connectivity index (χ4v) is 2.77. The lowest BCUT2D eigenvalue weighted by Gasteiger charge is -2.20. The number of likely N-dealkylation sites (N-methyl/N-ethyl adjacent to an activating group) is 1. The molecule has 1 aromatic rings. The Kier molecular flexibility index (Phi) is 5.64. The molecule has 1 fully saturated rings. The average Bonchev–Trinajstić information content (AvgIpc) is 2.94. The van der Waals surface area contributed by atoms with Gasteiger partial charge in [-0.15, -0.1) is 0 Å². The summed E-state index contributed by atoms with van der Waals surface area (Å²) in [6.45, 7) is 3.43. The quantitative estimate of drug-likeness (QED) is 0.843. The van der Waals surface area contributed by atoms with Gasteiger partial charge in [-0.3, -0.25) is 4.90 Å². The third-order valence-corrected chi connectivity index (χ3v) is 4.00. The van der Waals surface area contributed by atoms with Crippen LogP contribution in [0.4, 0.5) is 13.2 Å². The van der Waals surface area contributed by atoms with E-state index in [2.05, 4.69) is 5.32 Å². The van der Waals surface area contributed by atoms with Crippen LogP contribution in [0.5, 0.6) is 0 Å². The van der Waals surface area contributed by atoms with E-state index in [1.807, 2.05) is 11.9 Å². The predicted molar refractivity (Wildman–Crippen MR) is 80.1 cm³/mol. The number of carbonyl (C=O) groups excluding carboxylic acids is 1. The zero-order valence-electron chi connectivity index (χ0n) is 13.2. The monoisotopic (exact) mass is 330 g/mol. The molecule has 1 heterocycles. The number of alkyl halides is 3. The van der Waals surface area contributed by atoms with Gasteiger partial charge in [0.1, 0.15) is 0 Å². The minimum absolute atomic E-state index is 0.0718. The highest BCUT2D eigenvalue weighted by molar-refractivity contribution is 5.89. The molecule has 0 aliphatic carbocycles. The largest absolute Gasteiger partial charge is 0.462 e. The molecule has 1 saturated heterocycles. The highest BCUT2D eigenvalue weighted by Crippen LogP contribution is 2.34. The summed E-state index contributed by atoms with van der Waals surface area (Å²) in [7, 11) is 1.85. The Bertz CT molecular complexity index is 561. The lowest BCUT2D eigenvalue weighted by Crippen LogP contribution is -2.29. The van der Waals surface area contributed by atoms with Gasteiger partial charge < -0.3 is 10.1 Å². The summed E-state index contributed by atoms with van der Waals surface area (Å²) in [4.78, 5) is 13.6. The van der Waals surface area contributed by atoms with Gasteiger partial charge in [0.25, 0.3) is 0 Å². The Morgan fingerprint density at radius 2 is 2.17 bits per heavy atom. The summed E-state index contributed by atoms with van der Waals surface area (Å²) in [6, 6.07) is 3.97. The van der Waals surface area contributed by atoms with Gasteiger partial charge >= 0.3 is 12.1 Å². The molecule has 0 aromatic heterocycles. The minimum atomic E-state index is -4.50. The van der Waals surface area contributed by atoms with Crippen LogP contribution in [0.2, 0.25) is 0 Å². The molecule has 0 amide bonds. The second-order valence-corrected chi connectivity index (χ2v) is 5.60. The van der Waals surface area contributed by atoms with E-state index in [0.717, 1.165) is 19.0 Å². The Hall–Kier alpha value is -1.60. The van der Waals surface area contributed by atoms with Crippen molar-refractivity contribution in [3.8, 4) is 0 Å². The molecule has 1 N–H and O–H groups in total. The highest BCUT2D eigenvalue weighted by atomic mass is 19.4. The molecule has 1 aliphatic rings. The molecule has 0 radical (unpaired) electrons. The van der Waals surface area contributed by atoms with Gasteiger partial charge in [0.15, 0.2) is 0 Å². The Balaban J connectivity index is 2.23. The van der Waals surface area contributed by atoms with Crippen LogP contribution < -0.4 is 5.32 Å². The summed E-state index contributed by atoms with van der Waals surface area (Å²) >= 11 is 0. The number of carbonyl (C=O) groups is 1. The SMILES string of the molecule is CCOC(=O)c1ccc(CN2CC[C@@H](NC)C2)c(C(F)(F)F)c1. The van der Waals surface area contributed by atoms with Gasteiger partial charge in [0.2, 0.25) is 0 Å². The summed E-state index contributed by atoms with van der Waals surface area (Å²) in [6.07, 6.45) is -3.58. The number of likely N-dealkylation sites (tertiary alicyclic amines) is 1. The molecule has 1 aliphatic heterocycles. The van der Waals surface area contributed by atoms with Gasteiger partial charge in [0, 0.05) is 25.7 Å². The number of ether oxygens (including phenoxy) is 1. The van der Waals surface area contributed by atoms with Crippen LogP contribution in [0.3, 0.4) is 0 Å². The first-order valence-electron chi connectivity index (χ1n) is 7.62. The summed E-state index contributed by atoms with van der Waals surface area (Å²) in [5.74, 6) is -0.735. The van der Waals surface area contributed by atoms with Crippen LogP contribution in [-0.4, -0.2) is 43.7 Å². The third kappa shape index (κ3) is 4.45. The van der Waals surface area contributed by atoms with Crippen molar-refractivity contribution in [3.63, 3.8) is 0 Å². The first-order valence-corrected chi connectivity index (χ1v) is 7.62. The van der Waals surface area contributed by atoms with Crippen molar-refractivity contribution in [2.45, 2.75) is 32.1 Å². The van der Waals surface area contributed by atoms with Crippen LogP contribution in [0.1, 0.15) is 34.8 Å². The second kappa shape index (κ2) is 7.31. The van der Waals surface area contributed by atoms with Gasteiger partial charge in [-0.1, -0.05) is 6.07 Å². The molecule has 2 rings (SSSR count). The normalized spacial score (nSPS) is 19.1. The summed E-state index contributed by atoms with van der Waals surface area (Å²) < 4.78 is 44.7. The highest BCUT2D eigenvalue weighted by Gasteiger charge is 2.35. The first-order chi connectivity index (χ1) is 10.8. The maximum atomic E-state index is 13.3. The zero-order valence-corrected chi connectivity index (χ0v) is 13.2. The average molecular weight is 330 g/mol. The summed E-state index contributed by atoms with van der Waals surface area (Å²) in [5.41, 5.74) is -0.657. The molecule has 1 atom stereocenters. The molecular weight excluding hydrogens is 309 g/mol. The van der Waals surface area contributed by atoms with Crippen LogP contribution in [0, 0.1) is 0 Å². The fourth-order valence-electron chi connectivity index (χ4n) is 2.77. The van der Waals surface area contributed by atoms with Crippen molar-refractivity contribution in [2.75, 3.05) is 26.7 Å². The van der Waals surface area contributed by atoms with Crippen molar-refractivity contribution in [1.29, 1.82) is 0 Å². The molecule has 4 nitrogen and oxygen atoms in total. The van der Waals surface area contributed by atoms with Crippen LogP contribution in [-0.2, 0) is 17.5 Å². The molecule has 0 saturated carbocycles. The van der Waals surface area contributed by atoms with Crippen molar-refractivity contribution in [3.05, 3.63) is 34.9 Å². The minimum Gasteiger partial charge on any atom is -0.462 e. The van der Waals surface area contributed by atoms with E-state index in [4.69, 9.17) is 4.74 Å². The van der Waals surface area contributed by atoms with Crippen LogP contribution >= 0.6 is 0 Å². The number of hydrogen-bond donors (Lipinski definition) is 1. The molecule has 0 bridgehead atoms. The van der Waals surface area contributed by atoms with E-state index in [-0.39, 0.29) is 24.3 Å². The van der Waals surface area contributed by atoms with Crippen molar-refractivity contribution < 1.29 is 22.7 Å². The lowest BCUT2D eigenvalue weighted by molar-refractivity contribution is -0.138. The smallest absolute Gasteiger partial charge is 0.416 e. The maximum Gasteiger partial charge on any atom is 0.416 e. The second-order valence-electron chi connectivity index (χ2n) is 5.60. The molecule has 0 unspecified atom stereocenters. The van der Waals surface area contributed by atoms with Crippen molar-refractivity contribution in [1.82, 2.24) is 10.2 Å². The number of nitrogens with zero attached hydrogens (tertiary/aromatic N) is 1. The van der Waals surface area contributed by atoms with Gasteiger partial charge in [-0.25, -0.2) is 4.79 Å². The molecule has 128 valence electrons. The zero-order chi connectivity index (χ0) is 17.0. The fraction of sp³-hybridized carbons (Fsp3) is 0.562. The molecular formula is C16H21F3N2O2. The summed E-state index contributed by atoms with van der Waals surface area (Å²) in [5, 5.41) is 3.14. The van der Waals surface area contributed by atoms with E-state index in [9.17, 15) is 18.0 Å². The molecule has 1 aromatic carbocycles. The van der Waals surface area contributed by atoms with Crippen LogP contribution in [0.25, 0.3) is 0 Å². The topological polar surface area (TPSA) is 41.6 Å². The number of hydrogen-bond acceptors (Lipinski definition) is 4. The van der Waals surface area contributed by atoms with E-state index in [1.54, 1.807) is 6.92 Å². The van der Waals surface area contributed by atoms with E-state index < -0.39 is 17.7 Å². The van der Waals surface area contributed by atoms with E-state index >= 15 is 0 Å². The number of benzene rings is 1. The Morgan fingerprint density at radius 1 is 1.43 bits per heavy atom. The standard InChI is InChI=1S/C16H21F3N2O2/c1-3-23-15(22)11-4-5-12(14(8-11)16(17,18)19)9-21-7-6-13(10-21)20-2/h4-5,8,13,20H,3,6-7,9-10H2,1-2H3/t13-/m1/s1. The van der Waals surface area contributed by atoms with E-state index in [1.165, 1.54) is 12.1 Å². The van der Waals surface area contributed by atoms with Crippen molar-refractivity contribution >= 4 is 5.97 Å². The van der Waals surface area contributed by atoms with Gasteiger partial charge in [0.05, 0.1) is 17.7 Å². The Morgan fingerprint density at radius 3 is 2.74 bits per heavy atom. The molecule has 7 heteroatoms. The number of halogens is 3. The van der Waals surface area contributed by atoms with Crippen molar-refractivity contribution in [2.24, 2.45) is 0 Å². The molecule has 0 spiro atoms. The molecule has 23 heavy (non-hydrogen) atoms. The van der Waals surface area contributed by atoms with Gasteiger partial charge in [-0.2, -0.15) is 13.2 Å². The van der Waals surface area contributed by atoms with E-state index in [0.29, 0.717) is 12.6 Å². The van der Waals surface area contributed by atoms with Crippen LogP contribution in [0.15, 0.2) is 18.2 Å². The Labute approximate surface area is 133 Å². The lowest BCUT2D eigenvalue weighted by atomic mass is 10.0. The predicted octanol–water partition coefficient (Wildman–Crippen LogP) is 2.68. The maximum absolute atomic E-state index is 13.3. The number of esters is 1. The first kappa shape index (κ1) is 17.7. The number of rotatable bonds is 5. The third-order valence-electron chi connectivity index (χ3n) is 4.00.